The van der Waals surface area contributed by atoms with Crippen molar-refractivity contribution in [1.29, 1.82) is 0 Å². The highest BCUT2D eigenvalue weighted by atomic mass is 32.2. The third kappa shape index (κ3) is 3.25. The highest BCUT2D eigenvalue weighted by Crippen LogP contribution is 2.29. The third-order valence-corrected chi connectivity index (χ3v) is 4.19. The quantitative estimate of drug-likeness (QED) is 0.747. The Bertz CT molecular complexity index is 384. The van der Waals surface area contributed by atoms with Gasteiger partial charge in [0.2, 0.25) is 0 Å². The molecular weight excluding hydrogens is 232 g/mol. The Hall–Kier alpha value is -0.960. The molecule has 1 aliphatic rings. The molecule has 0 aliphatic carbocycles. The first-order valence-corrected chi connectivity index (χ1v) is 7.25. The molecule has 1 atom stereocenters. The van der Waals surface area contributed by atoms with Crippen molar-refractivity contribution in [2.45, 2.75) is 31.4 Å². The number of hydrogen-bond donors (Lipinski definition) is 0. The molecule has 0 amide bonds. The summed E-state index contributed by atoms with van der Waals surface area (Å²) in [5, 5.41) is 0.163. The number of carbonyl (C=O) groups is 1. The van der Waals surface area contributed by atoms with Crippen LogP contribution in [-0.4, -0.2) is 23.4 Å². The monoisotopic (exact) mass is 250 g/mol. The Kier molecular flexibility index (Phi) is 4.49. The highest BCUT2D eigenvalue weighted by Gasteiger charge is 2.24. The highest BCUT2D eigenvalue weighted by molar-refractivity contribution is 8.00. The number of carbonyl (C=O) groups excluding carboxylic acids is 1. The van der Waals surface area contributed by atoms with Gasteiger partial charge in [-0.15, -0.1) is 0 Å². The van der Waals surface area contributed by atoms with Gasteiger partial charge in [-0.2, -0.15) is 11.8 Å². The Balaban J connectivity index is 2.06. The molecule has 1 unspecified atom stereocenters. The second-order valence-electron chi connectivity index (χ2n) is 4.24. The smallest absolute Gasteiger partial charge is 0.175 e. The second-order valence-corrected chi connectivity index (χ2v) is 5.55. The van der Waals surface area contributed by atoms with Crippen LogP contribution in [0.3, 0.4) is 0 Å². The van der Waals surface area contributed by atoms with E-state index >= 15 is 0 Å². The molecule has 0 bridgehead atoms. The van der Waals surface area contributed by atoms with E-state index in [0.717, 1.165) is 36.3 Å². The average Bonchev–Trinajstić information content (AvgIpc) is 2.89. The van der Waals surface area contributed by atoms with E-state index in [-0.39, 0.29) is 11.0 Å². The summed E-state index contributed by atoms with van der Waals surface area (Å²) >= 11 is 1.78. The first kappa shape index (κ1) is 12.5. The number of hydrogen-bond acceptors (Lipinski definition) is 3. The summed E-state index contributed by atoms with van der Waals surface area (Å²) in [6.45, 7) is 2.78. The van der Waals surface area contributed by atoms with Crippen LogP contribution in [0, 0.1) is 0 Å². The maximum Gasteiger partial charge on any atom is 0.175 e. The standard InChI is InChI=1S/C14H18O2S/c1-2-8-16-12-6-3-5-11(10-12)14(15)13-7-4-9-17-13/h3,5-6,10,13H,2,4,7-9H2,1H3. The zero-order valence-corrected chi connectivity index (χ0v) is 11.0. The average molecular weight is 250 g/mol. The van der Waals surface area contributed by atoms with E-state index in [9.17, 15) is 4.79 Å². The molecule has 0 radical (unpaired) electrons. The molecule has 0 N–H and O–H groups in total. The van der Waals surface area contributed by atoms with Crippen molar-refractivity contribution in [3.05, 3.63) is 29.8 Å². The van der Waals surface area contributed by atoms with Gasteiger partial charge in [0.05, 0.1) is 11.9 Å². The Labute approximate surface area is 107 Å². The molecule has 1 aromatic rings. The molecule has 2 nitrogen and oxygen atoms in total. The molecular formula is C14H18O2S. The lowest BCUT2D eigenvalue weighted by Gasteiger charge is -2.09. The summed E-state index contributed by atoms with van der Waals surface area (Å²) < 4.78 is 5.55. The summed E-state index contributed by atoms with van der Waals surface area (Å²) in [5.74, 6) is 2.18. The van der Waals surface area contributed by atoms with E-state index < -0.39 is 0 Å². The summed E-state index contributed by atoms with van der Waals surface area (Å²) in [5.41, 5.74) is 0.790. The predicted molar refractivity (Wildman–Crippen MR) is 72.0 cm³/mol. The molecule has 3 heteroatoms. The predicted octanol–water partition coefficient (Wildman–Crippen LogP) is 3.55. The molecule has 0 spiro atoms. The number of ether oxygens (including phenoxy) is 1. The van der Waals surface area contributed by atoms with Crippen molar-refractivity contribution < 1.29 is 9.53 Å². The molecule has 1 aromatic carbocycles. The zero-order valence-electron chi connectivity index (χ0n) is 10.1. The van der Waals surface area contributed by atoms with Gasteiger partial charge in [0.25, 0.3) is 0 Å². The minimum Gasteiger partial charge on any atom is -0.494 e. The number of Topliss-reactive ketones (excluding diaryl/α,β-unsaturated/α-hetero) is 1. The van der Waals surface area contributed by atoms with Crippen molar-refractivity contribution in [3.63, 3.8) is 0 Å². The van der Waals surface area contributed by atoms with E-state index in [2.05, 4.69) is 6.92 Å². The van der Waals surface area contributed by atoms with Crippen molar-refractivity contribution in [3.8, 4) is 5.75 Å². The van der Waals surface area contributed by atoms with Crippen LogP contribution < -0.4 is 4.74 Å². The largest absolute Gasteiger partial charge is 0.494 e. The Morgan fingerprint density at radius 3 is 3.12 bits per heavy atom. The molecule has 1 heterocycles. The van der Waals surface area contributed by atoms with Crippen molar-refractivity contribution in [1.82, 2.24) is 0 Å². The molecule has 0 aromatic heterocycles. The molecule has 17 heavy (non-hydrogen) atoms. The zero-order chi connectivity index (χ0) is 12.1. The van der Waals surface area contributed by atoms with Gasteiger partial charge in [-0.3, -0.25) is 4.79 Å². The lowest BCUT2D eigenvalue weighted by Crippen LogP contribution is -2.14. The summed E-state index contributed by atoms with van der Waals surface area (Å²) in [6.07, 6.45) is 3.16. The van der Waals surface area contributed by atoms with Gasteiger partial charge >= 0.3 is 0 Å². The van der Waals surface area contributed by atoms with Gasteiger partial charge in [0.15, 0.2) is 5.78 Å². The molecule has 1 fully saturated rings. The number of ketones is 1. The molecule has 1 saturated heterocycles. The van der Waals surface area contributed by atoms with Gasteiger partial charge < -0.3 is 4.74 Å². The van der Waals surface area contributed by atoms with Crippen LogP contribution in [0.1, 0.15) is 36.5 Å². The SMILES string of the molecule is CCCOc1cccc(C(=O)C2CCCS2)c1. The minimum absolute atomic E-state index is 0.163. The number of rotatable bonds is 5. The van der Waals surface area contributed by atoms with Gasteiger partial charge in [0.1, 0.15) is 5.75 Å². The summed E-state index contributed by atoms with van der Waals surface area (Å²) in [7, 11) is 0. The lowest BCUT2D eigenvalue weighted by molar-refractivity contribution is 0.0988. The molecule has 0 saturated carbocycles. The van der Waals surface area contributed by atoms with Crippen LogP contribution in [-0.2, 0) is 0 Å². The van der Waals surface area contributed by atoms with Crippen LogP contribution in [0.25, 0.3) is 0 Å². The van der Waals surface area contributed by atoms with Gasteiger partial charge in [-0.25, -0.2) is 0 Å². The fourth-order valence-corrected chi connectivity index (χ4v) is 3.17. The van der Waals surface area contributed by atoms with Crippen LogP contribution >= 0.6 is 11.8 Å². The van der Waals surface area contributed by atoms with Crippen molar-refractivity contribution in [2.24, 2.45) is 0 Å². The number of benzene rings is 1. The lowest BCUT2D eigenvalue weighted by atomic mass is 10.1. The first-order valence-electron chi connectivity index (χ1n) is 6.20. The van der Waals surface area contributed by atoms with Crippen LogP contribution in [0.5, 0.6) is 5.75 Å². The maximum absolute atomic E-state index is 12.2. The number of thioether (sulfide) groups is 1. The van der Waals surface area contributed by atoms with Crippen LogP contribution in [0.15, 0.2) is 24.3 Å². The van der Waals surface area contributed by atoms with Gasteiger partial charge in [-0.05, 0) is 37.1 Å². The first-order chi connectivity index (χ1) is 8.31. The summed E-state index contributed by atoms with van der Waals surface area (Å²) in [4.78, 5) is 12.2. The van der Waals surface area contributed by atoms with Gasteiger partial charge in [-0.1, -0.05) is 19.1 Å². The normalized spacial score (nSPS) is 19.2. The van der Waals surface area contributed by atoms with Crippen molar-refractivity contribution in [2.75, 3.05) is 12.4 Å². The van der Waals surface area contributed by atoms with E-state index in [1.165, 1.54) is 0 Å². The molecule has 2 rings (SSSR count). The minimum atomic E-state index is 0.163. The van der Waals surface area contributed by atoms with E-state index in [1.807, 2.05) is 24.3 Å². The maximum atomic E-state index is 12.2. The van der Waals surface area contributed by atoms with E-state index in [1.54, 1.807) is 11.8 Å². The van der Waals surface area contributed by atoms with E-state index in [0.29, 0.717) is 6.61 Å². The third-order valence-electron chi connectivity index (χ3n) is 2.81. The fraction of sp³-hybridized carbons (Fsp3) is 0.500. The second kappa shape index (κ2) is 6.10. The van der Waals surface area contributed by atoms with Crippen molar-refractivity contribution >= 4 is 17.5 Å². The van der Waals surface area contributed by atoms with Gasteiger partial charge in [0, 0.05) is 5.56 Å². The molecule has 92 valence electrons. The topological polar surface area (TPSA) is 26.3 Å². The van der Waals surface area contributed by atoms with Crippen LogP contribution in [0.2, 0.25) is 0 Å². The Morgan fingerprint density at radius 1 is 1.53 bits per heavy atom. The Morgan fingerprint density at radius 2 is 2.41 bits per heavy atom. The fourth-order valence-electron chi connectivity index (χ4n) is 1.93. The summed E-state index contributed by atoms with van der Waals surface area (Å²) in [6, 6.07) is 7.57. The van der Waals surface area contributed by atoms with E-state index in [4.69, 9.17) is 4.74 Å². The molecule has 1 aliphatic heterocycles. The van der Waals surface area contributed by atoms with Crippen LogP contribution in [0.4, 0.5) is 0 Å².